The molecule has 0 N–H and O–H groups in total. The molecular formula is C18H17ClN4O2. The molecule has 2 heterocycles. The number of rotatable bonds is 6. The molecule has 7 heteroatoms. The summed E-state index contributed by atoms with van der Waals surface area (Å²) in [5.41, 5.74) is 2.09. The van der Waals surface area contributed by atoms with Crippen molar-refractivity contribution in [2.24, 2.45) is 7.05 Å². The Morgan fingerprint density at radius 3 is 2.88 bits per heavy atom. The highest BCUT2D eigenvalue weighted by Gasteiger charge is 2.12. The largest absolute Gasteiger partial charge is 0.496 e. The summed E-state index contributed by atoms with van der Waals surface area (Å²) < 4.78 is 8.72. The van der Waals surface area contributed by atoms with Crippen LogP contribution in [0.4, 0.5) is 0 Å². The van der Waals surface area contributed by atoms with E-state index < -0.39 is 0 Å². The average molecular weight is 357 g/mol. The van der Waals surface area contributed by atoms with Gasteiger partial charge in [-0.15, -0.1) is 0 Å². The molecule has 0 aliphatic rings. The van der Waals surface area contributed by atoms with Crippen LogP contribution in [-0.2, 0) is 13.6 Å². The minimum atomic E-state index is -0.241. The lowest BCUT2D eigenvalue weighted by atomic mass is 10.1. The molecule has 6 nitrogen and oxygen atoms in total. The van der Waals surface area contributed by atoms with Gasteiger partial charge in [-0.05, 0) is 29.8 Å². The van der Waals surface area contributed by atoms with E-state index in [1.165, 1.54) is 10.8 Å². The molecule has 3 aromatic rings. The van der Waals surface area contributed by atoms with Crippen molar-refractivity contribution in [1.82, 2.24) is 19.6 Å². The topological polar surface area (TPSA) is 61.9 Å². The number of allylic oxidation sites excluding steroid dienone is 1. The van der Waals surface area contributed by atoms with Gasteiger partial charge in [-0.1, -0.05) is 23.7 Å². The first-order valence-electron chi connectivity index (χ1n) is 7.62. The monoisotopic (exact) mass is 356 g/mol. The average Bonchev–Trinajstić information content (AvgIpc) is 3.22. The van der Waals surface area contributed by atoms with Crippen LogP contribution < -0.4 is 4.74 Å². The van der Waals surface area contributed by atoms with Crippen LogP contribution in [0.3, 0.4) is 0 Å². The summed E-state index contributed by atoms with van der Waals surface area (Å²) in [4.78, 5) is 12.2. The van der Waals surface area contributed by atoms with E-state index >= 15 is 0 Å². The summed E-state index contributed by atoms with van der Waals surface area (Å²) in [6.45, 7) is 0.581. The number of halogens is 1. The summed E-state index contributed by atoms with van der Waals surface area (Å²) in [6, 6.07) is 7.59. The van der Waals surface area contributed by atoms with Crippen LogP contribution in [0.25, 0.3) is 6.08 Å². The first-order valence-corrected chi connectivity index (χ1v) is 8.00. The Hall–Kier alpha value is -2.86. The van der Waals surface area contributed by atoms with Crippen LogP contribution in [0.2, 0.25) is 5.02 Å². The van der Waals surface area contributed by atoms with Gasteiger partial charge in [0.1, 0.15) is 5.75 Å². The van der Waals surface area contributed by atoms with Crippen LogP contribution in [0, 0.1) is 0 Å². The maximum Gasteiger partial charge on any atom is 0.207 e. The summed E-state index contributed by atoms with van der Waals surface area (Å²) in [7, 11) is 3.35. The van der Waals surface area contributed by atoms with Crippen molar-refractivity contribution in [2.45, 2.75) is 6.54 Å². The van der Waals surface area contributed by atoms with Gasteiger partial charge in [-0.25, -0.2) is 0 Å². The first kappa shape index (κ1) is 17.0. The van der Waals surface area contributed by atoms with Gasteiger partial charge in [-0.2, -0.15) is 10.2 Å². The van der Waals surface area contributed by atoms with Crippen molar-refractivity contribution >= 4 is 23.5 Å². The van der Waals surface area contributed by atoms with E-state index in [4.69, 9.17) is 16.3 Å². The molecule has 0 fully saturated rings. The SMILES string of the molecule is COc1ccc(C=CC(=O)c2nn(C)cc2Cl)cc1Cn1cccn1. The minimum absolute atomic E-state index is 0.241. The van der Waals surface area contributed by atoms with Crippen molar-refractivity contribution < 1.29 is 9.53 Å². The van der Waals surface area contributed by atoms with Crippen molar-refractivity contribution in [3.8, 4) is 5.75 Å². The van der Waals surface area contributed by atoms with Crippen molar-refractivity contribution in [2.75, 3.05) is 7.11 Å². The Morgan fingerprint density at radius 2 is 2.24 bits per heavy atom. The number of ketones is 1. The van der Waals surface area contributed by atoms with E-state index in [1.54, 1.807) is 32.6 Å². The number of ether oxygens (including phenoxy) is 1. The van der Waals surface area contributed by atoms with Gasteiger partial charge in [-0.3, -0.25) is 14.2 Å². The number of hydrogen-bond donors (Lipinski definition) is 0. The van der Waals surface area contributed by atoms with Gasteiger partial charge in [0, 0.05) is 31.2 Å². The molecule has 0 unspecified atom stereocenters. The summed E-state index contributed by atoms with van der Waals surface area (Å²) in [6.07, 6.45) is 8.41. The van der Waals surface area contributed by atoms with E-state index in [2.05, 4.69) is 10.2 Å². The van der Waals surface area contributed by atoms with Gasteiger partial charge in [0.15, 0.2) is 5.69 Å². The van der Waals surface area contributed by atoms with Crippen LogP contribution in [-0.4, -0.2) is 32.5 Å². The van der Waals surface area contributed by atoms with Gasteiger partial charge in [0.05, 0.1) is 18.7 Å². The molecule has 1 aromatic carbocycles. The van der Waals surface area contributed by atoms with E-state index in [0.29, 0.717) is 11.6 Å². The molecule has 0 spiro atoms. The Kier molecular flexibility index (Phi) is 5.00. The molecule has 0 aliphatic carbocycles. The highest BCUT2D eigenvalue weighted by atomic mass is 35.5. The minimum Gasteiger partial charge on any atom is -0.496 e. The third-order valence-corrected chi connectivity index (χ3v) is 3.92. The van der Waals surface area contributed by atoms with E-state index in [-0.39, 0.29) is 11.5 Å². The molecule has 128 valence electrons. The van der Waals surface area contributed by atoms with E-state index in [0.717, 1.165) is 16.9 Å². The van der Waals surface area contributed by atoms with Gasteiger partial charge in [0.25, 0.3) is 0 Å². The maximum atomic E-state index is 12.2. The summed E-state index contributed by atoms with van der Waals surface area (Å²) >= 11 is 6.00. The zero-order valence-corrected chi connectivity index (χ0v) is 14.6. The molecule has 0 saturated heterocycles. The molecule has 0 amide bonds. The number of carbonyl (C=O) groups excluding carboxylic acids is 1. The molecule has 0 radical (unpaired) electrons. The molecule has 0 aliphatic heterocycles. The molecule has 0 bridgehead atoms. The number of benzene rings is 1. The molecular weight excluding hydrogens is 340 g/mol. The lowest BCUT2D eigenvalue weighted by Gasteiger charge is -2.09. The Morgan fingerprint density at radius 1 is 1.40 bits per heavy atom. The number of aromatic nitrogens is 4. The normalized spacial score (nSPS) is 11.2. The first-order chi connectivity index (χ1) is 12.1. The molecule has 25 heavy (non-hydrogen) atoms. The number of nitrogens with zero attached hydrogens (tertiary/aromatic N) is 4. The Labute approximate surface area is 150 Å². The second kappa shape index (κ2) is 7.36. The number of aryl methyl sites for hydroxylation is 1. The summed E-state index contributed by atoms with van der Waals surface area (Å²) in [5, 5.41) is 8.61. The van der Waals surface area contributed by atoms with Crippen LogP contribution in [0.5, 0.6) is 5.75 Å². The molecule has 0 saturated carbocycles. The zero-order valence-electron chi connectivity index (χ0n) is 13.9. The van der Waals surface area contributed by atoms with Crippen molar-refractivity contribution in [3.05, 3.63) is 70.8 Å². The predicted molar refractivity (Wildman–Crippen MR) is 95.9 cm³/mol. The second-order valence-corrected chi connectivity index (χ2v) is 5.88. The molecule has 0 atom stereocenters. The summed E-state index contributed by atoms with van der Waals surface area (Å²) in [5.74, 6) is 0.529. The Balaban J connectivity index is 1.82. The number of carbonyl (C=O) groups is 1. The van der Waals surface area contributed by atoms with E-state index in [1.807, 2.05) is 35.1 Å². The highest BCUT2D eigenvalue weighted by Crippen LogP contribution is 2.22. The van der Waals surface area contributed by atoms with Crippen LogP contribution in [0.1, 0.15) is 21.6 Å². The molecule has 2 aromatic heterocycles. The Bertz CT molecular complexity index is 913. The number of hydrogen-bond acceptors (Lipinski definition) is 4. The zero-order chi connectivity index (χ0) is 17.8. The van der Waals surface area contributed by atoms with Gasteiger partial charge >= 0.3 is 0 Å². The van der Waals surface area contributed by atoms with E-state index in [9.17, 15) is 4.79 Å². The lowest BCUT2D eigenvalue weighted by Crippen LogP contribution is -2.02. The third kappa shape index (κ3) is 3.97. The fourth-order valence-corrected chi connectivity index (χ4v) is 2.74. The quantitative estimate of drug-likeness (QED) is 0.502. The predicted octanol–water partition coefficient (Wildman–Crippen LogP) is 3.22. The van der Waals surface area contributed by atoms with Crippen molar-refractivity contribution in [1.29, 1.82) is 0 Å². The van der Waals surface area contributed by atoms with Gasteiger partial charge in [0.2, 0.25) is 5.78 Å². The fraction of sp³-hybridized carbons (Fsp3) is 0.167. The third-order valence-electron chi connectivity index (χ3n) is 3.64. The standard InChI is InChI=1S/C18H17ClN4O2/c1-22-12-15(19)18(21-22)16(24)6-4-13-5-7-17(25-2)14(10-13)11-23-9-3-8-20-23/h3-10,12H,11H2,1-2H3. The van der Waals surface area contributed by atoms with Crippen LogP contribution in [0.15, 0.2) is 48.9 Å². The van der Waals surface area contributed by atoms with Crippen LogP contribution >= 0.6 is 11.6 Å². The van der Waals surface area contributed by atoms with Crippen molar-refractivity contribution in [3.63, 3.8) is 0 Å². The lowest BCUT2D eigenvalue weighted by molar-refractivity contribution is 0.104. The number of methoxy groups -OCH3 is 1. The second-order valence-electron chi connectivity index (χ2n) is 5.47. The fourth-order valence-electron chi connectivity index (χ4n) is 2.47. The molecule has 3 rings (SSSR count). The van der Waals surface area contributed by atoms with Gasteiger partial charge < -0.3 is 4.74 Å². The smallest absolute Gasteiger partial charge is 0.207 e. The highest BCUT2D eigenvalue weighted by molar-refractivity contribution is 6.34. The maximum absolute atomic E-state index is 12.2.